The second-order valence-corrected chi connectivity index (χ2v) is 6.33. The quantitative estimate of drug-likeness (QED) is 0.282. The summed E-state index contributed by atoms with van der Waals surface area (Å²) >= 11 is 0. The van der Waals surface area contributed by atoms with Crippen LogP contribution in [0.2, 0.25) is 0 Å². The van der Waals surface area contributed by atoms with Crippen molar-refractivity contribution in [3.05, 3.63) is 47.5 Å². The van der Waals surface area contributed by atoms with Gasteiger partial charge in [0, 0.05) is 0 Å². The standard InChI is InChI=1S/C18H18NO7P.Na/c1-23-15-7-5-13(10-18(15)25-3)14(11-19)8-12-4-6-16(17(9-12)24-2)26-27(20,21)22;/h4-10H,1-3H3,(H2,20,21,22);/q;+1/p-1/b14-8+;. The van der Waals surface area contributed by atoms with E-state index in [1.807, 2.05) is 0 Å². The summed E-state index contributed by atoms with van der Waals surface area (Å²) in [6.45, 7) is 0. The molecule has 1 N–H and O–H groups in total. The molecule has 0 amide bonds. The summed E-state index contributed by atoms with van der Waals surface area (Å²) in [5.41, 5.74) is 1.50. The van der Waals surface area contributed by atoms with E-state index in [0.717, 1.165) is 0 Å². The van der Waals surface area contributed by atoms with Gasteiger partial charge < -0.3 is 28.5 Å². The van der Waals surface area contributed by atoms with Gasteiger partial charge in [-0.15, -0.1) is 0 Å². The van der Waals surface area contributed by atoms with Gasteiger partial charge in [-0.2, -0.15) is 5.26 Å². The van der Waals surface area contributed by atoms with Gasteiger partial charge in [-0.25, -0.2) is 0 Å². The Kier molecular flexibility index (Phi) is 9.05. The molecule has 10 heteroatoms. The van der Waals surface area contributed by atoms with E-state index in [1.165, 1.54) is 39.5 Å². The number of benzene rings is 2. The molecular formula is C18H17NNaO7P. The molecule has 0 spiro atoms. The van der Waals surface area contributed by atoms with Crippen LogP contribution in [0.3, 0.4) is 0 Å². The second-order valence-electron chi connectivity index (χ2n) is 5.21. The molecule has 142 valence electrons. The van der Waals surface area contributed by atoms with E-state index in [0.29, 0.717) is 28.2 Å². The Labute approximate surface area is 184 Å². The van der Waals surface area contributed by atoms with E-state index in [-0.39, 0.29) is 41.1 Å². The molecule has 0 saturated carbocycles. The van der Waals surface area contributed by atoms with Gasteiger partial charge >= 0.3 is 37.4 Å². The maximum Gasteiger partial charge on any atom is 1.00 e. The first-order chi connectivity index (χ1) is 12.8. The van der Waals surface area contributed by atoms with Gasteiger partial charge in [-0.3, -0.25) is 4.57 Å². The maximum absolute atomic E-state index is 10.9. The predicted molar refractivity (Wildman–Crippen MR) is 96.5 cm³/mol. The summed E-state index contributed by atoms with van der Waals surface area (Å²) in [6.07, 6.45) is 1.59. The van der Waals surface area contributed by atoms with Crippen LogP contribution < -0.4 is 53.2 Å². The van der Waals surface area contributed by atoms with Crippen molar-refractivity contribution in [3.8, 4) is 29.1 Å². The van der Waals surface area contributed by atoms with Crippen LogP contribution in [0.4, 0.5) is 0 Å². The van der Waals surface area contributed by atoms with Crippen molar-refractivity contribution >= 4 is 19.5 Å². The largest absolute Gasteiger partial charge is 1.00 e. The Morgan fingerprint density at radius 3 is 2.14 bits per heavy atom. The van der Waals surface area contributed by atoms with E-state index in [2.05, 4.69) is 10.6 Å². The van der Waals surface area contributed by atoms with E-state index in [4.69, 9.17) is 19.1 Å². The molecule has 0 aromatic heterocycles. The van der Waals surface area contributed by atoms with Gasteiger partial charge in [0.25, 0.3) is 0 Å². The van der Waals surface area contributed by atoms with Crippen molar-refractivity contribution in [2.24, 2.45) is 0 Å². The summed E-state index contributed by atoms with van der Waals surface area (Å²) < 4.78 is 30.9. The number of phosphoric acid groups is 1. The average Bonchev–Trinajstić information content (AvgIpc) is 2.65. The summed E-state index contributed by atoms with van der Waals surface area (Å²) in [4.78, 5) is 19.7. The number of allylic oxidation sites excluding steroid dienone is 1. The van der Waals surface area contributed by atoms with Gasteiger partial charge in [0.15, 0.2) is 23.0 Å². The van der Waals surface area contributed by atoms with Crippen molar-refractivity contribution in [1.82, 2.24) is 0 Å². The topological polar surface area (TPSA) is 121 Å². The molecule has 0 bridgehead atoms. The van der Waals surface area contributed by atoms with Crippen LogP contribution >= 0.6 is 7.82 Å². The predicted octanol–water partition coefficient (Wildman–Crippen LogP) is -0.380. The Morgan fingerprint density at radius 2 is 1.61 bits per heavy atom. The molecule has 8 nitrogen and oxygen atoms in total. The smallest absolute Gasteiger partial charge is 0.746 e. The summed E-state index contributed by atoms with van der Waals surface area (Å²) in [5, 5.41) is 9.51. The van der Waals surface area contributed by atoms with Crippen molar-refractivity contribution in [3.63, 3.8) is 0 Å². The summed E-state index contributed by atoms with van der Waals surface area (Å²) in [7, 11) is -0.630. The monoisotopic (exact) mass is 413 g/mol. The third-order valence-electron chi connectivity index (χ3n) is 3.53. The third-order valence-corrected chi connectivity index (χ3v) is 3.95. The number of ether oxygens (including phenoxy) is 3. The van der Waals surface area contributed by atoms with Gasteiger partial charge in [-0.1, -0.05) is 6.07 Å². The summed E-state index contributed by atoms with van der Waals surface area (Å²) in [6, 6.07) is 11.5. The van der Waals surface area contributed by atoms with E-state index < -0.39 is 7.82 Å². The molecule has 28 heavy (non-hydrogen) atoms. The minimum Gasteiger partial charge on any atom is -0.746 e. The molecular weight excluding hydrogens is 396 g/mol. The number of nitriles is 1. The summed E-state index contributed by atoms with van der Waals surface area (Å²) in [5.74, 6) is 0.929. The van der Waals surface area contributed by atoms with Crippen molar-refractivity contribution in [2.75, 3.05) is 21.3 Å². The zero-order chi connectivity index (χ0) is 20.0. The van der Waals surface area contributed by atoms with Crippen LogP contribution in [0.5, 0.6) is 23.0 Å². The van der Waals surface area contributed by atoms with Crippen LogP contribution in [0.1, 0.15) is 11.1 Å². The van der Waals surface area contributed by atoms with Crippen LogP contribution in [-0.4, -0.2) is 26.2 Å². The molecule has 0 fully saturated rings. The minimum absolute atomic E-state index is 0. The van der Waals surface area contributed by atoms with Crippen LogP contribution in [0.25, 0.3) is 11.6 Å². The van der Waals surface area contributed by atoms with E-state index in [1.54, 1.807) is 24.3 Å². The molecule has 0 aliphatic heterocycles. The van der Waals surface area contributed by atoms with Crippen molar-refractivity contribution in [2.45, 2.75) is 0 Å². The van der Waals surface area contributed by atoms with Crippen LogP contribution in [0.15, 0.2) is 36.4 Å². The molecule has 0 aliphatic rings. The SMILES string of the molecule is COc1ccc(/C(C#N)=C/c2ccc(OP(=O)([O-])O)c(OC)c2)cc1OC.[Na+]. The van der Waals surface area contributed by atoms with Gasteiger partial charge in [0.2, 0.25) is 0 Å². The molecule has 0 saturated heterocycles. The molecule has 2 aromatic rings. The Hall–Kier alpha value is -1.98. The number of phosphoric ester groups is 1. The van der Waals surface area contributed by atoms with Gasteiger partial charge in [0.1, 0.15) is 0 Å². The third kappa shape index (κ3) is 6.28. The van der Waals surface area contributed by atoms with Crippen molar-refractivity contribution < 1.29 is 62.6 Å². The van der Waals surface area contributed by atoms with Crippen molar-refractivity contribution in [1.29, 1.82) is 5.26 Å². The first-order valence-corrected chi connectivity index (χ1v) is 9.06. The Balaban J connectivity index is 0.00000392. The Bertz CT molecular complexity index is 949. The number of rotatable bonds is 7. The Morgan fingerprint density at radius 1 is 1.04 bits per heavy atom. The first kappa shape index (κ1) is 24.1. The molecule has 2 rings (SSSR count). The number of hydrogen-bond donors (Lipinski definition) is 1. The maximum atomic E-state index is 10.9. The second kappa shape index (κ2) is 10.5. The molecule has 0 heterocycles. The molecule has 1 atom stereocenters. The zero-order valence-corrected chi connectivity index (χ0v) is 18.7. The normalized spacial score (nSPS) is 12.8. The van der Waals surface area contributed by atoms with E-state index in [9.17, 15) is 14.7 Å². The minimum atomic E-state index is -4.96. The average molecular weight is 413 g/mol. The molecule has 1 unspecified atom stereocenters. The molecule has 0 radical (unpaired) electrons. The van der Waals surface area contributed by atoms with Gasteiger partial charge in [0.05, 0.1) is 33.0 Å². The number of hydrogen-bond acceptors (Lipinski definition) is 7. The molecule has 0 aliphatic carbocycles. The van der Waals surface area contributed by atoms with Crippen LogP contribution in [0, 0.1) is 11.3 Å². The number of methoxy groups -OCH3 is 3. The zero-order valence-electron chi connectivity index (χ0n) is 15.8. The first-order valence-electron chi connectivity index (χ1n) is 7.57. The fraction of sp³-hybridized carbons (Fsp3) is 0.167. The van der Waals surface area contributed by atoms with Gasteiger partial charge in [-0.05, 0) is 47.5 Å². The fourth-order valence-electron chi connectivity index (χ4n) is 2.32. The number of nitrogens with zero attached hydrogens (tertiary/aromatic N) is 1. The fourth-order valence-corrected chi connectivity index (χ4v) is 2.72. The van der Waals surface area contributed by atoms with E-state index >= 15 is 0 Å². The molecule has 2 aromatic carbocycles. The van der Waals surface area contributed by atoms with Crippen LogP contribution in [-0.2, 0) is 4.57 Å².